The standard InChI is InChI=1S/C16H22FN3O/c1-19-15-11-13(17)3-4-14(15)16(18-19)12-5-8-20(9-6-12)7-2-10-21/h3-4,11-12,21H,2,5-10H2,1H3. The van der Waals surface area contributed by atoms with Crippen molar-refractivity contribution in [2.75, 3.05) is 26.2 Å². The van der Waals surface area contributed by atoms with E-state index in [1.807, 2.05) is 13.1 Å². The summed E-state index contributed by atoms with van der Waals surface area (Å²) in [7, 11) is 1.88. The fourth-order valence-electron chi connectivity index (χ4n) is 3.28. The Labute approximate surface area is 124 Å². The van der Waals surface area contributed by atoms with E-state index >= 15 is 0 Å². The monoisotopic (exact) mass is 291 g/mol. The maximum Gasteiger partial charge on any atom is 0.125 e. The number of piperidine rings is 1. The normalized spacial score (nSPS) is 17.7. The van der Waals surface area contributed by atoms with Gasteiger partial charge in [-0.05, 0) is 50.6 Å². The molecule has 2 heterocycles. The smallest absolute Gasteiger partial charge is 0.125 e. The maximum absolute atomic E-state index is 13.4. The third-order valence-corrected chi connectivity index (χ3v) is 4.45. The van der Waals surface area contributed by atoms with E-state index in [9.17, 15) is 4.39 Å². The van der Waals surface area contributed by atoms with Crippen LogP contribution in [0.2, 0.25) is 0 Å². The van der Waals surface area contributed by atoms with Crippen molar-refractivity contribution < 1.29 is 9.50 Å². The van der Waals surface area contributed by atoms with Crippen molar-refractivity contribution in [3.8, 4) is 0 Å². The fraction of sp³-hybridized carbons (Fsp3) is 0.562. The zero-order valence-electron chi connectivity index (χ0n) is 12.4. The van der Waals surface area contributed by atoms with Gasteiger partial charge in [0.2, 0.25) is 0 Å². The van der Waals surface area contributed by atoms with E-state index in [-0.39, 0.29) is 12.4 Å². The number of aliphatic hydroxyl groups excluding tert-OH is 1. The first kappa shape index (κ1) is 14.5. The number of likely N-dealkylation sites (tertiary alicyclic amines) is 1. The lowest BCUT2D eigenvalue weighted by Gasteiger charge is -2.31. The lowest BCUT2D eigenvalue weighted by atomic mass is 9.91. The molecule has 0 unspecified atom stereocenters. The number of aryl methyl sites for hydroxylation is 1. The quantitative estimate of drug-likeness (QED) is 0.939. The predicted octanol–water partition coefficient (Wildman–Crippen LogP) is 2.27. The van der Waals surface area contributed by atoms with Crippen LogP contribution in [0.15, 0.2) is 18.2 Å². The number of aromatic nitrogens is 2. The average molecular weight is 291 g/mol. The summed E-state index contributed by atoms with van der Waals surface area (Å²) < 4.78 is 15.2. The van der Waals surface area contributed by atoms with Crippen LogP contribution in [0.25, 0.3) is 10.9 Å². The first-order valence-electron chi connectivity index (χ1n) is 7.64. The lowest BCUT2D eigenvalue weighted by molar-refractivity contribution is 0.187. The Morgan fingerprint density at radius 1 is 1.33 bits per heavy atom. The second-order valence-electron chi connectivity index (χ2n) is 5.86. The number of hydrogen-bond donors (Lipinski definition) is 1. The number of hydrogen-bond acceptors (Lipinski definition) is 3. The van der Waals surface area contributed by atoms with Crippen molar-refractivity contribution in [1.82, 2.24) is 14.7 Å². The molecule has 1 aromatic heterocycles. The molecular weight excluding hydrogens is 269 g/mol. The predicted molar refractivity (Wildman–Crippen MR) is 80.8 cm³/mol. The van der Waals surface area contributed by atoms with Crippen LogP contribution in [0.3, 0.4) is 0 Å². The number of fused-ring (bicyclic) bond motifs is 1. The molecule has 1 saturated heterocycles. The third-order valence-electron chi connectivity index (χ3n) is 4.45. The van der Waals surface area contributed by atoms with E-state index < -0.39 is 0 Å². The molecule has 5 heteroatoms. The summed E-state index contributed by atoms with van der Waals surface area (Å²) in [6.45, 7) is 3.32. The number of rotatable bonds is 4. The molecule has 1 aliphatic heterocycles. The van der Waals surface area contributed by atoms with Crippen molar-refractivity contribution in [2.45, 2.75) is 25.2 Å². The molecule has 0 bridgehead atoms. The SMILES string of the molecule is Cn1nc(C2CCN(CCCO)CC2)c2ccc(F)cc21. The van der Waals surface area contributed by atoms with Crippen molar-refractivity contribution in [2.24, 2.45) is 7.05 Å². The van der Waals surface area contributed by atoms with Gasteiger partial charge in [0.25, 0.3) is 0 Å². The molecule has 1 N–H and O–H groups in total. The van der Waals surface area contributed by atoms with E-state index in [4.69, 9.17) is 5.11 Å². The average Bonchev–Trinajstić information content (AvgIpc) is 2.82. The Hall–Kier alpha value is -1.46. The van der Waals surface area contributed by atoms with E-state index in [0.717, 1.165) is 55.5 Å². The highest BCUT2D eigenvalue weighted by Gasteiger charge is 2.24. The highest BCUT2D eigenvalue weighted by Crippen LogP contribution is 2.32. The Morgan fingerprint density at radius 2 is 2.10 bits per heavy atom. The molecular formula is C16H22FN3O. The Balaban J connectivity index is 1.76. The van der Waals surface area contributed by atoms with Crippen molar-refractivity contribution in [3.63, 3.8) is 0 Å². The fourth-order valence-corrected chi connectivity index (χ4v) is 3.28. The summed E-state index contributed by atoms with van der Waals surface area (Å²) in [5, 5.41) is 14.6. The topological polar surface area (TPSA) is 41.3 Å². The zero-order valence-corrected chi connectivity index (χ0v) is 12.4. The molecule has 0 aliphatic carbocycles. The molecule has 0 saturated carbocycles. The van der Waals surface area contributed by atoms with Gasteiger partial charge in [-0.1, -0.05) is 0 Å². The minimum absolute atomic E-state index is 0.212. The second-order valence-corrected chi connectivity index (χ2v) is 5.86. The Morgan fingerprint density at radius 3 is 2.81 bits per heavy atom. The first-order chi connectivity index (χ1) is 10.2. The third kappa shape index (κ3) is 2.94. The van der Waals surface area contributed by atoms with E-state index in [2.05, 4.69) is 10.00 Å². The van der Waals surface area contributed by atoms with Gasteiger partial charge in [0.1, 0.15) is 5.82 Å². The lowest BCUT2D eigenvalue weighted by Crippen LogP contribution is -2.34. The van der Waals surface area contributed by atoms with Gasteiger partial charge >= 0.3 is 0 Å². The molecule has 1 fully saturated rings. The molecule has 2 aromatic rings. The highest BCUT2D eigenvalue weighted by atomic mass is 19.1. The molecule has 0 radical (unpaired) electrons. The summed E-state index contributed by atoms with van der Waals surface area (Å²) in [6, 6.07) is 4.93. The van der Waals surface area contributed by atoms with Crippen LogP contribution in [0.4, 0.5) is 4.39 Å². The number of aliphatic hydroxyl groups is 1. The minimum atomic E-state index is -0.212. The van der Waals surface area contributed by atoms with Gasteiger partial charge < -0.3 is 10.0 Å². The molecule has 114 valence electrons. The van der Waals surface area contributed by atoms with Crippen LogP contribution >= 0.6 is 0 Å². The van der Waals surface area contributed by atoms with Gasteiger partial charge in [0.15, 0.2) is 0 Å². The maximum atomic E-state index is 13.4. The molecule has 1 aliphatic rings. The largest absolute Gasteiger partial charge is 0.396 e. The summed E-state index contributed by atoms with van der Waals surface area (Å²) in [4.78, 5) is 2.40. The van der Waals surface area contributed by atoms with Crippen LogP contribution in [-0.4, -0.2) is 46.0 Å². The molecule has 0 spiro atoms. The molecule has 0 atom stereocenters. The summed E-state index contributed by atoms with van der Waals surface area (Å²) in [5.41, 5.74) is 1.97. The van der Waals surface area contributed by atoms with Gasteiger partial charge in [-0.3, -0.25) is 4.68 Å². The Kier molecular flexibility index (Phi) is 4.22. The molecule has 0 amide bonds. The van der Waals surface area contributed by atoms with E-state index in [1.165, 1.54) is 6.07 Å². The van der Waals surface area contributed by atoms with Crippen molar-refractivity contribution in [1.29, 1.82) is 0 Å². The number of nitrogens with zero attached hydrogens (tertiary/aromatic N) is 3. The molecule has 21 heavy (non-hydrogen) atoms. The van der Waals surface area contributed by atoms with Crippen LogP contribution < -0.4 is 0 Å². The summed E-state index contributed by atoms with van der Waals surface area (Å²) >= 11 is 0. The van der Waals surface area contributed by atoms with E-state index in [1.54, 1.807) is 10.7 Å². The number of benzene rings is 1. The van der Waals surface area contributed by atoms with Crippen LogP contribution in [0.5, 0.6) is 0 Å². The molecule has 1 aromatic carbocycles. The van der Waals surface area contributed by atoms with Crippen LogP contribution in [-0.2, 0) is 7.05 Å². The first-order valence-corrected chi connectivity index (χ1v) is 7.64. The summed E-state index contributed by atoms with van der Waals surface area (Å²) in [6.07, 6.45) is 3.00. The Bertz CT molecular complexity index is 617. The zero-order chi connectivity index (χ0) is 14.8. The van der Waals surface area contributed by atoms with Crippen molar-refractivity contribution in [3.05, 3.63) is 29.7 Å². The minimum Gasteiger partial charge on any atom is -0.396 e. The van der Waals surface area contributed by atoms with Gasteiger partial charge in [-0.2, -0.15) is 5.10 Å². The van der Waals surface area contributed by atoms with Crippen LogP contribution in [0, 0.1) is 5.82 Å². The second kappa shape index (κ2) is 6.12. The molecule has 4 nitrogen and oxygen atoms in total. The van der Waals surface area contributed by atoms with Crippen LogP contribution in [0.1, 0.15) is 30.9 Å². The number of halogens is 1. The van der Waals surface area contributed by atoms with Gasteiger partial charge in [0.05, 0.1) is 11.2 Å². The van der Waals surface area contributed by atoms with Crippen molar-refractivity contribution >= 4 is 10.9 Å². The van der Waals surface area contributed by atoms with Gasteiger partial charge in [-0.15, -0.1) is 0 Å². The summed E-state index contributed by atoms with van der Waals surface area (Å²) in [5.74, 6) is 0.236. The highest BCUT2D eigenvalue weighted by molar-refractivity contribution is 5.82. The van der Waals surface area contributed by atoms with Gasteiger partial charge in [0, 0.05) is 31.5 Å². The molecule has 3 rings (SSSR count). The van der Waals surface area contributed by atoms with E-state index in [0.29, 0.717) is 5.92 Å². The van der Waals surface area contributed by atoms with Gasteiger partial charge in [-0.25, -0.2) is 4.39 Å².